The quantitative estimate of drug-likeness (QED) is 0.766. The smallest absolute Gasteiger partial charge is 0.255 e. The lowest BCUT2D eigenvalue weighted by Gasteiger charge is -2.23. The molecule has 0 saturated heterocycles. The van der Waals surface area contributed by atoms with Crippen LogP contribution < -0.4 is 0 Å². The first-order chi connectivity index (χ1) is 8.63. The molecule has 1 aromatic rings. The van der Waals surface area contributed by atoms with Gasteiger partial charge in [-0.25, -0.2) is 0 Å². The Hall–Kier alpha value is -1.47. The minimum Gasteiger partial charge on any atom is -0.338 e. The fourth-order valence-electron chi connectivity index (χ4n) is 1.72. The molecule has 0 spiro atoms. The van der Waals surface area contributed by atoms with Crippen LogP contribution in [0.25, 0.3) is 0 Å². The molecule has 1 unspecified atom stereocenters. The fourth-order valence-corrected chi connectivity index (χ4v) is 2.31. The van der Waals surface area contributed by atoms with E-state index in [0.717, 1.165) is 10.5 Å². The topological polar surface area (TPSA) is 44.1 Å². The molecule has 0 N–H and O–H groups in total. The normalized spacial score (nSPS) is 11.7. The van der Waals surface area contributed by atoms with Crippen LogP contribution in [0.15, 0.2) is 29.2 Å². The van der Waals surface area contributed by atoms with E-state index < -0.39 is 0 Å². The van der Waals surface area contributed by atoms with Crippen LogP contribution in [0, 0.1) is 17.2 Å². The summed E-state index contributed by atoms with van der Waals surface area (Å²) < 4.78 is 0. The van der Waals surface area contributed by atoms with E-state index in [2.05, 4.69) is 6.07 Å². The Morgan fingerprint density at radius 3 is 2.72 bits per heavy atom. The van der Waals surface area contributed by atoms with Crippen molar-refractivity contribution in [1.29, 1.82) is 5.26 Å². The fraction of sp³-hybridized carbons (Fsp3) is 0.429. The van der Waals surface area contributed by atoms with E-state index in [1.165, 1.54) is 0 Å². The molecule has 0 fully saturated rings. The zero-order chi connectivity index (χ0) is 13.5. The average Bonchev–Trinajstić information content (AvgIpc) is 2.43. The van der Waals surface area contributed by atoms with Gasteiger partial charge in [0.25, 0.3) is 5.91 Å². The molecule has 0 aliphatic carbocycles. The van der Waals surface area contributed by atoms with Crippen LogP contribution in [0.5, 0.6) is 0 Å². The van der Waals surface area contributed by atoms with Crippen molar-refractivity contribution in [3.05, 3.63) is 29.8 Å². The highest BCUT2D eigenvalue weighted by Crippen LogP contribution is 2.21. The second-order valence-electron chi connectivity index (χ2n) is 4.07. The summed E-state index contributed by atoms with van der Waals surface area (Å²) in [4.78, 5) is 15.1. The highest BCUT2D eigenvalue weighted by Gasteiger charge is 2.18. The zero-order valence-electron chi connectivity index (χ0n) is 11.0. The van der Waals surface area contributed by atoms with Gasteiger partial charge in [-0.05, 0) is 32.2 Å². The van der Waals surface area contributed by atoms with Crippen molar-refractivity contribution in [3.8, 4) is 6.07 Å². The van der Waals surface area contributed by atoms with E-state index in [0.29, 0.717) is 13.1 Å². The first-order valence-corrected chi connectivity index (χ1v) is 7.18. The van der Waals surface area contributed by atoms with Crippen molar-refractivity contribution >= 4 is 17.7 Å². The van der Waals surface area contributed by atoms with Gasteiger partial charge in [0.15, 0.2) is 0 Å². The van der Waals surface area contributed by atoms with Crippen molar-refractivity contribution in [1.82, 2.24) is 4.90 Å². The van der Waals surface area contributed by atoms with Gasteiger partial charge in [-0.2, -0.15) is 5.26 Å². The van der Waals surface area contributed by atoms with Crippen molar-refractivity contribution in [2.75, 3.05) is 19.3 Å². The highest BCUT2D eigenvalue weighted by atomic mass is 32.2. The molecule has 96 valence electrons. The lowest BCUT2D eigenvalue weighted by atomic mass is 10.1. The summed E-state index contributed by atoms with van der Waals surface area (Å²) in [6.45, 7) is 4.86. The average molecular weight is 262 g/mol. The number of carbonyl (C=O) groups excluding carboxylic acids is 1. The van der Waals surface area contributed by atoms with Gasteiger partial charge in [-0.3, -0.25) is 4.79 Å². The number of hydrogen-bond acceptors (Lipinski definition) is 3. The summed E-state index contributed by atoms with van der Waals surface area (Å²) in [5, 5.41) is 8.84. The highest BCUT2D eigenvalue weighted by molar-refractivity contribution is 7.98. The summed E-state index contributed by atoms with van der Waals surface area (Å²) in [5.41, 5.74) is 0.719. The van der Waals surface area contributed by atoms with Crippen molar-refractivity contribution in [3.63, 3.8) is 0 Å². The first kappa shape index (κ1) is 14.6. The van der Waals surface area contributed by atoms with Crippen molar-refractivity contribution in [2.45, 2.75) is 18.7 Å². The van der Waals surface area contributed by atoms with E-state index in [1.807, 2.05) is 44.4 Å². The van der Waals surface area contributed by atoms with Gasteiger partial charge >= 0.3 is 0 Å². The molecular formula is C14H18N2OS. The summed E-state index contributed by atoms with van der Waals surface area (Å²) in [7, 11) is 0. The molecule has 1 aromatic carbocycles. The molecule has 0 bridgehead atoms. The van der Waals surface area contributed by atoms with Crippen molar-refractivity contribution < 1.29 is 4.79 Å². The molecule has 4 heteroatoms. The summed E-state index contributed by atoms with van der Waals surface area (Å²) in [6.07, 6.45) is 1.96. The maximum Gasteiger partial charge on any atom is 0.255 e. The Morgan fingerprint density at radius 2 is 2.17 bits per heavy atom. The van der Waals surface area contributed by atoms with Gasteiger partial charge in [-0.1, -0.05) is 12.1 Å². The molecule has 0 heterocycles. The SMILES string of the molecule is CCN(CC(C)C#N)C(=O)c1ccccc1SC. The van der Waals surface area contributed by atoms with Crippen LogP contribution in [0.1, 0.15) is 24.2 Å². The Bertz CT molecular complexity index is 453. The molecule has 1 atom stereocenters. The number of nitrogens with zero attached hydrogens (tertiary/aromatic N) is 2. The molecule has 0 saturated carbocycles. The summed E-state index contributed by atoms with van der Waals surface area (Å²) in [6, 6.07) is 9.75. The molecule has 18 heavy (non-hydrogen) atoms. The number of amides is 1. The van der Waals surface area contributed by atoms with Crippen LogP contribution in [-0.2, 0) is 0 Å². The number of benzene rings is 1. The largest absolute Gasteiger partial charge is 0.338 e. The van der Waals surface area contributed by atoms with E-state index >= 15 is 0 Å². The monoisotopic (exact) mass is 262 g/mol. The third kappa shape index (κ3) is 3.51. The van der Waals surface area contributed by atoms with Gasteiger partial charge in [-0.15, -0.1) is 11.8 Å². The van der Waals surface area contributed by atoms with E-state index in [1.54, 1.807) is 16.7 Å². The maximum atomic E-state index is 12.4. The Balaban J connectivity index is 2.93. The second-order valence-corrected chi connectivity index (χ2v) is 4.92. The molecular weight excluding hydrogens is 244 g/mol. The molecule has 0 aromatic heterocycles. The number of thioether (sulfide) groups is 1. The number of hydrogen-bond donors (Lipinski definition) is 0. The standard InChI is InChI=1S/C14H18N2OS/c1-4-16(10-11(2)9-15)14(17)12-7-5-6-8-13(12)18-3/h5-8,11H,4,10H2,1-3H3. The molecule has 1 rings (SSSR count). The minimum absolute atomic E-state index is 0.00421. The number of nitriles is 1. The minimum atomic E-state index is -0.143. The predicted molar refractivity (Wildman–Crippen MR) is 74.6 cm³/mol. The Labute approximate surface area is 113 Å². The van der Waals surface area contributed by atoms with Crippen molar-refractivity contribution in [2.24, 2.45) is 5.92 Å². The molecule has 1 amide bonds. The molecule has 0 radical (unpaired) electrons. The first-order valence-electron chi connectivity index (χ1n) is 5.95. The van der Waals surface area contributed by atoms with Crippen LogP contribution in [0.4, 0.5) is 0 Å². The van der Waals surface area contributed by atoms with Gasteiger partial charge < -0.3 is 4.90 Å². The van der Waals surface area contributed by atoms with Gasteiger partial charge in [0, 0.05) is 18.0 Å². The van der Waals surface area contributed by atoms with Crippen LogP contribution in [0.3, 0.4) is 0 Å². The van der Waals surface area contributed by atoms with E-state index in [9.17, 15) is 4.79 Å². The summed E-state index contributed by atoms with van der Waals surface area (Å²) in [5.74, 6) is -0.139. The summed E-state index contributed by atoms with van der Waals surface area (Å²) >= 11 is 1.56. The van der Waals surface area contributed by atoms with E-state index in [4.69, 9.17) is 5.26 Å². The zero-order valence-corrected chi connectivity index (χ0v) is 11.8. The Morgan fingerprint density at radius 1 is 1.50 bits per heavy atom. The van der Waals surface area contributed by atoms with Gasteiger partial charge in [0.05, 0.1) is 17.6 Å². The number of carbonyl (C=O) groups is 1. The molecule has 3 nitrogen and oxygen atoms in total. The molecule has 0 aliphatic heterocycles. The predicted octanol–water partition coefficient (Wildman–Crippen LogP) is 3.03. The third-order valence-electron chi connectivity index (χ3n) is 2.72. The maximum absolute atomic E-state index is 12.4. The van der Waals surface area contributed by atoms with Gasteiger partial charge in [0.1, 0.15) is 0 Å². The second kappa shape index (κ2) is 7.07. The molecule has 0 aliphatic rings. The third-order valence-corrected chi connectivity index (χ3v) is 3.52. The van der Waals surface area contributed by atoms with E-state index in [-0.39, 0.29) is 11.8 Å². The number of rotatable bonds is 5. The van der Waals surface area contributed by atoms with Crippen LogP contribution in [0.2, 0.25) is 0 Å². The van der Waals surface area contributed by atoms with Crippen LogP contribution in [-0.4, -0.2) is 30.2 Å². The van der Waals surface area contributed by atoms with Crippen LogP contribution >= 0.6 is 11.8 Å². The Kier molecular flexibility index (Phi) is 5.73. The van der Waals surface area contributed by atoms with Gasteiger partial charge in [0.2, 0.25) is 0 Å². The lowest BCUT2D eigenvalue weighted by Crippen LogP contribution is -2.34. The lowest BCUT2D eigenvalue weighted by molar-refractivity contribution is 0.0749.